The molecule has 1 heterocycles. The highest BCUT2D eigenvalue weighted by molar-refractivity contribution is 5.95. The van der Waals surface area contributed by atoms with E-state index in [4.69, 9.17) is 5.26 Å². The second-order valence-corrected chi connectivity index (χ2v) is 5.89. The number of anilines is 2. The summed E-state index contributed by atoms with van der Waals surface area (Å²) in [4.78, 5) is 16.6. The maximum atomic E-state index is 12.5. The molecule has 5 heteroatoms. The van der Waals surface area contributed by atoms with Crippen LogP contribution in [0.4, 0.5) is 11.4 Å². The molecule has 1 amide bonds. The van der Waals surface area contributed by atoms with Crippen molar-refractivity contribution in [1.82, 2.24) is 10.3 Å². The molecule has 0 aliphatic heterocycles. The summed E-state index contributed by atoms with van der Waals surface area (Å²) < 4.78 is 0. The summed E-state index contributed by atoms with van der Waals surface area (Å²) >= 11 is 0. The minimum Gasteiger partial charge on any atom is -0.354 e. The molecule has 128 valence electrons. The van der Waals surface area contributed by atoms with Crippen LogP contribution < -0.4 is 10.6 Å². The van der Waals surface area contributed by atoms with Gasteiger partial charge in [-0.2, -0.15) is 5.26 Å². The highest BCUT2D eigenvalue weighted by Gasteiger charge is 2.12. The Morgan fingerprint density at radius 1 is 1.04 bits per heavy atom. The summed E-state index contributed by atoms with van der Waals surface area (Å²) in [6, 6.07) is 20.6. The highest BCUT2D eigenvalue weighted by atomic mass is 16.1. The van der Waals surface area contributed by atoms with E-state index in [0.29, 0.717) is 16.8 Å². The number of nitriles is 1. The Hall–Kier alpha value is -3.65. The highest BCUT2D eigenvalue weighted by Crippen LogP contribution is 2.18. The van der Waals surface area contributed by atoms with Gasteiger partial charge in [-0.25, -0.2) is 0 Å². The molecule has 1 atom stereocenters. The van der Waals surface area contributed by atoms with Gasteiger partial charge < -0.3 is 10.6 Å². The zero-order chi connectivity index (χ0) is 18.4. The van der Waals surface area contributed by atoms with Crippen molar-refractivity contribution in [3.8, 4) is 6.07 Å². The van der Waals surface area contributed by atoms with Crippen LogP contribution in [0, 0.1) is 11.3 Å². The van der Waals surface area contributed by atoms with Crippen LogP contribution in [0.1, 0.15) is 34.5 Å². The number of hydrogen-bond donors (Lipinski definition) is 2. The molecule has 0 saturated heterocycles. The van der Waals surface area contributed by atoms with Crippen molar-refractivity contribution in [2.75, 3.05) is 5.32 Å². The first-order chi connectivity index (χ1) is 12.7. The largest absolute Gasteiger partial charge is 0.354 e. The Morgan fingerprint density at radius 3 is 2.62 bits per heavy atom. The number of carbonyl (C=O) groups is 1. The fourth-order valence-corrected chi connectivity index (χ4v) is 2.57. The molecule has 0 radical (unpaired) electrons. The maximum absolute atomic E-state index is 12.5. The summed E-state index contributed by atoms with van der Waals surface area (Å²) in [5.74, 6) is -0.191. The van der Waals surface area contributed by atoms with E-state index >= 15 is 0 Å². The maximum Gasteiger partial charge on any atom is 0.253 e. The van der Waals surface area contributed by atoms with E-state index in [9.17, 15) is 4.79 Å². The Bertz CT molecular complexity index is 947. The predicted octanol–water partition coefficient (Wildman–Crippen LogP) is 4.19. The standard InChI is InChI=1S/C21H18N4O/c1-15(17-7-3-2-4-8-17)24-21(26)18-11-20(14-23-13-18)25-19-9-5-6-16(10-19)12-22/h2-11,13-15,25H,1H3,(H,24,26). The topological polar surface area (TPSA) is 77.8 Å². The van der Waals surface area contributed by atoms with Crippen LogP contribution in [-0.2, 0) is 0 Å². The van der Waals surface area contributed by atoms with E-state index in [2.05, 4.69) is 21.7 Å². The van der Waals surface area contributed by atoms with Gasteiger partial charge in [0.2, 0.25) is 0 Å². The summed E-state index contributed by atoms with van der Waals surface area (Å²) in [6.45, 7) is 1.94. The molecule has 0 bridgehead atoms. The Kier molecular flexibility index (Phi) is 5.25. The molecular weight excluding hydrogens is 324 g/mol. The number of nitrogens with one attached hydrogen (secondary N) is 2. The minimum atomic E-state index is -0.191. The molecule has 3 rings (SSSR count). The molecule has 0 spiro atoms. The zero-order valence-corrected chi connectivity index (χ0v) is 14.3. The van der Waals surface area contributed by atoms with Crippen molar-refractivity contribution in [2.24, 2.45) is 0 Å². The van der Waals surface area contributed by atoms with Crippen molar-refractivity contribution >= 4 is 17.3 Å². The lowest BCUT2D eigenvalue weighted by Crippen LogP contribution is -2.26. The second kappa shape index (κ2) is 7.95. The van der Waals surface area contributed by atoms with Crippen LogP contribution in [0.2, 0.25) is 0 Å². The van der Waals surface area contributed by atoms with Crippen molar-refractivity contribution in [3.05, 3.63) is 89.7 Å². The molecule has 0 fully saturated rings. The average molecular weight is 342 g/mol. The van der Waals surface area contributed by atoms with E-state index < -0.39 is 0 Å². The average Bonchev–Trinajstić information content (AvgIpc) is 2.69. The van der Waals surface area contributed by atoms with E-state index in [1.54, 1.807) is 30.5 Å². The van der Waals surface area contributed by atoms with Crippen LogP contribution in [0.15, 0.2) is 73.1 Å². The Balaban J connectivity index is 1.72. The van der Waals surface area contributed by atoms with E-state index in [1.807, 2.05) is 43.3 Å². The number of hydrogen-bond acceptors (Lipinski definition) is 4. The molecule has 1 unspecified atom stereocenters. The predicted molar refractivity (Wildman–Crippen MR) is 101 cm³/mol. The van der Waals surface area contributed by atoms with E-state index in [1.165, 1.54) is 6.20 Å². The van der Waals surface area contributed by atoms with Gasteiger partial charge in [0.15, 0.2) is 0 Å². The summed E-state index contributed by atoms with van der Waals surface area (Å²) in [5.41, 5.74) is 3.51. The third-order valence-electron chi connectivity index (χ3n) is 3.93. The number of pyridine rings is 1. The SMILES string of the molecule is CC(NC(=O)c1cncc(Nc2cccc(C#N)c2)c1)c1ccccc1. The van der Waals surface area contributed by atoms with Gasteiger partial charge in [-0.1, -0.05) is 36.4 Å². The summed E-state index contributed by atoms with van der Waals surface area (Å²) in [6.07, 6.45) is 3.17. The van der Waals surface area contributed by atoms with Gasteiger partial charge in [-0.15, -0.1) is 0 Å². The van der Waals surface area contributed by atoms with Gasteiger partial charge >= 0.3 is 0 Å². The number of rotatable bonds is 5. The lowest BCUT2D eigenvalue weighted by atomic mass is 10.1. The van der Waals surface area contributed by atoms with Gasteiger partial charge in [-0.3, -0.25) is 9.78 Å². The molecule has 26 heavy (non-hydrogen) atoms. The van der Waals surface area contributed by atoms with Gasteiger partial charge in [0, 0.05) is 11.9 Å². The number of nitrogens with zero attached hydrogens (tertiary/aromatic N) is 2. The zero-order valence-electron chi connectivity index (χ0n) is 14.3. The van der Waals surface area contributed by atoms with E-state index in [-0.39, 0.29) is 11.9 Å². The van der Waals surface area contributed by atoms with Gasteiger partial charge in [-0.05, 0) is 36.8 Å². The summed E-state index contributed by atoms with van der Waals surface area (Å²) in [5, 5.41) is 15.1. The quantitative estimate of drug-likeness (QED) is 0.729. The molecule has 1 aromatic heterocycles. The van der Waals surface area contributed by atoms with E-state index in [0.717, 1.165) is 11.3 Å². The first kappa shape index (κ1) is 17.2. The number of carbonyl (C=O) groups excluding carboxylic acids is 1. The number of amides is 1. The van der Waals surface area contributed by atoms with Crippen LogP contribution >= 0.6 is 0 Å². The van der Waals surface area contributed by atoms with Crippen molar-refractivity contribution in [2.45, 2.75) is 13.0 Å². The minimum absolute atomic E-state index is 0.104. The van der Waals surface area contributed by atoms with Crippen LogP contribution in [0.3, 0.4) is 0 Å². The third-order valence-corrected chi connectivity index (χ3v) is 3.93. The fourth-order valence-electron chi connectivity index (χ4n) is 2.57. The van der Waals surface area contributed by atoms with Crippen molar-refractivity contribution in [3.63, 3.8) is 0 Å². The monoisotopic (exact) mass is 342 g/mol. The molecule has 0 aliphatic carbocycles. The molecule has 0 aliphatic rings. The normalized spacial score (nSPS) is 11.2. The Morgan fingerprint density at radius 2 is 1.85 bits per heavy atom. The lowest BCUT2D eigenvalue weighted by molar-refractivity contribution is 0.0939. The van der Waals surface area contributed by atoms with Crippen LogP contribution in [0.5, 0.6) is 0 Å². The van der Waals surface area contributed by atoms with Crippen LogP contribution in [0.25, 0.3) is 0 Å². The summed E-state index contributed by atoms with van der Waals surface area (Å²) in [7, 11) is 0. The third kappa shape index (κ3) is 4.25. The first-order valence-electron chi connectivity index (χ1n) is 8.24. The Labute approximate surface area is 152 Å². The molecule has 2 N–H and O–H groups in total. The molecular formula is C21H18N4O. The van der Waals surface area contributed by atoms with Gasteiger partial charge in [0.25, 0.3) is 5.91 Å². The number of aromatic nitrogens is 1. The first-order valence-corrected chi connectivity index (χ1v) is 8.24. The molecule has 2 aromatic carbocycles. The van der Waals surface area contributed by atoms with Gasteiger partial charge in [0.05, 0.1) is 35.1 Å². The van der Waals surface area contributed by atoms with Gasteiger partial charge in [0.1, 0.15) is 0 Å². The van der Waals surface area contributed by atoms with Crippen LogP contribution in [-0.4, -0.2) is 10.9 Å². The molecule has 3 aromatic rings. The molecule has 5 nitrogen and oxygen atoms in total. The van der Waals surface area contributed by atoms with Crippen molar-refractivity contribution < 1.29 is 4.79 Å². The second-order valence-electron chi connectivity index (χ2n) is 5.89. The number of benzene rings is 2. The smallest absolute Gasteiger partial charge is 0.253 e. The fraction of sp³-hybridized carbons (Fsp3) is 0.0952. The van der Waals surface area contributed by atoms with Crippen molar-refractivity contribution in [1.29, 1.82) is 5.26 Å². The molecule has 0 saturated carbocycles. The lowest BCUT2D eigenvalue weighted by Gasteiger charge is -2.14.